The van der Waals surface area contributed by atoms with E-state index in [1.54, 1.807) is 7.11 Å². The summed E-state index contributed by atoms with van der Waals surface area (Å²) in [7, 11) is 1.77. The quantitative estimate of drug-likeness (QED) is 0.782. The van der Waals surface area contributed by atoms with Crippen molar-refractivity contribution in [3.8, 4) is 0 Å². The molecule has 0 spiro atoms. The van der Waals surface area contributed by atoms with Crippen molar-refractivity contribution in [3.63, 3.8) is 0 Å². The molecule has 1 fully saturated rings. The highest BCUT2D eigenvalue weighted by Crippen LogP contribution is 2.50. The zero-order valence-electron chi connectivity index (χ0n) is 9.38. The number of hydrogen-bond donors (Lipinski definition) is 1. The fourth-order valence-electron chi connectivity index (χ4n) is 2.00. The lowest BCUT2D eigenvalue weighted by atomic mass is 10.0. The van der Waals surface area contributed by atoms with Gasteiger partial charge in [-0.1, -0.05) is 0 Å². The van der Waals surface area contributed by atoms with Crippen LogP contribution in [0.4, 0.5) is 0 Å². The van der Waals surface area contributed by atoms with Gasteiger partial charge in [-0.05, 0) is 43.8 Å². The summed E-state index contributed by atoms with van der Waals surface area (Å²) in [5.41, 5.74) is 1.69. The van der Waals surface area contributed by atoms with Crippen molar-refractivity contribution in [2.45, 2.75) is 32.7 Å². The summed E-state index contributed by atoms with van der Waals surface area (Å²) >= 11 is 5.26. The highest BCUT2D eigenvalue weighted by atomic mass is 32.1. The second kappa shape index (κ2) is 4.10. The number of rotatable bonds is 5. The minimum absolute atomic E-state index is 0.460. The molecule has 1 aliphatic rings. The van der Waals surface area contributed by atoms with Crippen molar-refractivity contribution in [1.82, 2.24) is 9.55 Å². The summed E-state index contributed by atoms with van der Waals surface area (Å²) in [6, 6.07) is 0. The number of H-pyrrole nitrogens is 1. The van der Waals surface area contributed by atoms with Crippen LogP contribution in [-0.4, -0.2) is 23.3 Å². The van der Waals surface area contributed by atoms with Crippen molar-refractivity contribution in [3.05, 3.63) is 16.7 Å². The first-order chi connectivity index (χ1) is 7.17. The summed E-state index contributed by atoms with van der Waals surface area (Å²) in [6.07, 6.45) is 5.75. The van der Waals surface area contributed by atoms with E-state index in [-0.39, 0.29) is 0 Å². The van der Waals surface area contributed by atoms with E-state index in [1.807, 2.05) is 6.20 Å². The lowest BCUT2D eigenvalue weighted by molar-refractivity contribution is 0.166. The molecule has 0 radical (unpaired) electrons. The molecule has 0 aromatic carbocycles. The predicted octanol–water partition coefficient (Wildman–Crippen LogP) is 2.67. The van der Waals surface area contributed by atoms with Gasteiger partial charge in [0.05, 0.1) is 0 Å². The van der Waals surface area contributed by atoms with Crippen LogP contribution in [-0.2, 0) is 11.3 Å². The average Bonchev–Trinajstić information content (AvgIpc) is 2.93. The van der Waals surface area contributed by atoms with Crippen LogP contribution in [0.2, 0.25) is 0 Å². The molecule has 0 bridgehead atoms. The van der Waals surface area contributed by atoms with E-state index >= 15 is 0 Å². The number of imidazole rings is 1. The molecule has 1 heterocycles. The summed E-state index contributed by atoms with van der Waals surface area (Å²) < 4.78 is 8.20. The Morgan fingerprint density at radius 2 is 2.33 bits per heavy atom. The Morgan fingerprint density at radius 3 is 2.80 bits per heavy atom. The number of hydrogen-bond acceptors (Lipinski definition) is 2. The number of ether oxygens (including phenoxy) is 1. The SMILES string of the molecule is COCCC1(Cn2c(C)c[nH]c2=S)CC1. The van der Waals surface area contributed by atoms with E-state index < -0.39 is 0 Å². The molecule has 0 atom stereocenters. The molecule has 2 rings (SSSR count). The zero-order chi connectivity index (χ0) is 10.9. The Kier molecular flexibility index (Phi) is 2.98. The van der Waals surface area contributed by atoms with Gasteiger partial charge in [0.25, 0.3) is 0 Å². The third kappa shape index (κ3) is 2.32. The van der Waals surface area contributed by atoms with Crippen molar-refractivity contribution >= 4 is 12.2 Å². The second-order valence-corrected chi connectivity index (χ2v) is 4.95. The first-order valence-electron chi connectivity index (χ1n) is 5.41. The molecule has 0 aliphatic heterocycles. The number of aromatic nitrogens is 2. The first kappa shape index (κ1) is 10.9. The highest BCUT2D eigenvalue weighted by Gasteiger charge is 2.42. The molecule has 4 heteroatoms. The van der Waals surface area contributed by atoms with Crippen LogP contribution < -0.4 is 0 Å². The van der Waals surface area contributed by atoms with Gasteiger partial charge in [0.15, 0.2) is 4.77 Å². The predicted molar refractivity (Wildman–Crippen MR) is 62.5 cm³/mol. The van der Waals surface area contributed by atoms with Gasteiger partial charge in [-0.25, -0.2) is 0 Å². The van der Waals surface area contributed by atoms with E-state index in [0.29, 0.717) is 5.41 Å². The number of aromatic amines is 1. The van der Waals surface area contributed by atoms with E-state index in [0.717, 1.165) is 24.3 Å². The van der Waals surface area contributed by atoms with Crippen LogP contribution in [0.5, 0.6) is 0 Å². The second-order valence-electron chi connectivity index (χ2n) is 4.56. The van der Waals surface area contributed by atoms with Gasteiger partial charge in [0, 0.05) is 32.2 Å². The summed E-state index contributed by atoms with van der Waals surface area (Å²) in [5.74, 6) is 0. The molecule has 3 nitrogen and oxygen atoms in total. The fraction of sp³-hybridized carbons (Fsp3) is 0.727. The molecule has 1 saturated carbocycles. The number of aryl methyl sites for hydroxylation is 1. The van der Waals surface area contributed by atoms with Gasteiger partial charge in [-0.15, -0.1) is 0 Å². The standard InChI is InChI=1S/C11H18N2OS/c1-9-7-12-10(15)13(9)8-11(3-4-11)5-6-14-2/h7H,3-6,8H2,1-2H3,(H,12,15). The Balaban J connectivity index is 2.05. The Hall–Kier alpha value is -0.610. The molecular formula is C11H18N2OS. The van der Waals surface area contributed by atoms with Crippen LogP contribution in [0.1, 0.15) is 25.0 Å². The lowest BCUT2D eigenvalue weighted by Crippen LogP contribution is -2.15. The van der Waals surface area contributed by atoms with E-state index in [1.165, 1.54) is 18.5 Å². The van der Waals surface area contributed by atoms with Crippen LogP contribution in [0.15, 0.2) is 6.20 Å². The maximum Gasteiger partial charge on any atom is 0.177 e. The highest BCUT2D eigenvalue weighted by molar-refractivity contribution is 7.71. The largest absolute Gasteiger partial charge is 0.385 e. The third-order valence-corrected chi connectivity index (χ3v) is 3.70. The van der Waals surface area contributed by atoms with Crippen molar-refractivity contribution in [2.24, 2.45) is 5.41 Å². The van der Waals surface area contributed by atoms with Gasteiger partial charge in [0.2, 0.25) is 0 Å². The third-order valence-electron chi connectivity index (χ3n) is 3.36. The Morgan fingerprint density at radius 1 is 1.60 bits per heavy atom. The van der Waals surface area contributed by atoms with Crippen LogP contribution in [0.3, 0.4) is 0 Å². The molecule has 1 N–H and O–H groups in total. The lowest BCUT2D eigenvalue weighted by Gasteiger charge is -2.16. The Bertz CT molecular complexity index is 390. The molecular weight excluding hydrogens is 208 g/mol. The first-order valence-corrected chi connectivity index (χ1v) is 5.81. The van der Waals surface area contributed by atoms with Gasteiger partial charge < -0.3 is 14.3 Å². The molecule has 1 aromatic heterocycles. The minimum atomic E-state index is 0.460. The molecule has 0 unspecified atom stereocenters. The van der Waals surface area contributed by atoms with Crippen molar-refractivity contribution in [2.75, 3.05) is 13.7 Å². The van der Waals surface area contributed by atoms with Gasteiger partial charge in [0.1, 0.15) is 0 Å². The topological polar surface area (TPSA) is 29.9 Å². The summed E-state index contributed by atoms with van der Waals surface area (Å²) in [5, 5.41) is 0. The monoisotopic (exact) mass is 226 g/mol. The molecule has 1 aliphatic carbocycles. The van der Waals surface area contributed by atoms with Crippen molar-refractivity contribution in [1.29, 1.82) is 0 Å². The number of methoxy groups -OCH3 is 1. The molecule has 1 aromatic rings. The smallest absolute Gasteiger partial charge is 0.177 e. The number of nitrogens with zero attached hydrogens (tertiary/aromatic N) is 1. The fourth-order valence-corrected chi connectivity index (χ4v) is 2.26. The van der Waals surface area contributed by atoms with E-state index in [9.17, 15) is 0 Å². The molecule has 0 amide bonds. The summed E-state index contributed by atoms with van der Waals surface area (Å²) in [6.45, 7) is 4.00. The normalized spacial score (nSPS) is 18.0. The molecule has 0 saturated heterocycles. The average molecular weight is 226 g/mol. The molecule has 84 valence electrons. The minimum Gasteiger partial charge on any atom is -0.385 e. The van der Waals surface area contributed by atoms with E-state index in [4.69, 9.17) is 17.0 Å². The zero-order valence-corrected chi connectivity index (χ0v) is 10.2. The summed E-state index contributed by atoms with van der Waals surface area (Å²) in [4.78, 5) is 3.09. The van der Waals surface area contributed by atoms with Crippen LogP contribution >= 0.6 is 12.2 Å². The van der Waals surface area contributed by atoms with Crippen LogP contribution in [0.25, 0.3) is 0 Å². The molecule has 15 heavy (non-hydrogen) atoms. The van der Waals surface area contributed by atoms with Gasteiger partial charge in [-0.2, -0.15) is 0 Å². The van der Waals surface area contributed by atoms with E-state index in [2.05, 4.69) is 16.5 Å². The maximum absolute atomic E-state index is 5.26. The number of nitrogens with one attached hydrogen (secondary N) is 1. The van der Waals surface area contributed by atoms with Gasteiger partial charge in [-0.3, -0.25) is 0 Å². The maximum atomic E-state index is 5.26. The Labute approximate surface area is 95.5 Å². The van der Waals surface area contributed by atoms with Gasteiger partial charge >= 0.3 is 0 Å². The van der Waals surface area contributed by atoms with Crippen LogP contribution in [0, 0.1) is 17.1 Å². The van der Waals surface area contributed by atoms with Crippen molar-refractivity contribution < 1.29 is 4.74 Å².